The van der Waals surface area contributed by atoms with E-state index < -0.39 is 23.8 Å². The first-order valence-corrected chi connectivity index (χ1v) is 14.3. The maximum Gasteiger partial charge on any atom is 0.309 e. The van der Waals surface area contributed by atoms with Crippen LogP contribution < -0.4 is 19.1 Å². The number of amides is 1. The molecule has 4 aromatic carbocycles. The molecule has 0 saturated carbocycles. The first-order chi connectivity index (χ1) is 20.8. The lowest BCUT2D eigenvalue weighted by molar-refractivity contribution is -0.143. The fraction of sp³-hybridized carbons (Fsp3) is 0.257. The zero-order valence-corrected chi connectivity index (χ0v) is 24.4. The van der Waals surface area contributed by atoms with Crippen molar-refractivity contribution in [3.63, 3.8) is 0 Å². The number of likely N-dealkylation sites (tertiary alicyclic amines) is 1. The molecule has 220 valence electrons. The van der Waals surface area contributed by atoms with E-state index in [2.05, 4.69) is 0 Å². The summed E-state index contributed by atoms with van der Waals surface area (Å²) in [7, 11) is 1.59. The van der Waals surface area contributed by atoms with Gasteiger partial charge in [0.1, 0.15) is 5.75 Å². The number of aryl methyl sites for hydroxylation is 2. The van der Waals surface area contributed by atoms with Gasteiger partial charge in [-0.3, -0.25) is 19.4 Å². The monoisotopic (exact) mass is 578 g/mol. The topological polar surface area (TPSA) is 88.5 Å². The van der Waals surface area contributed by atoms with Crippen LogP contribution in [0.15, 0.2) is 91.0 Å². The average Bonchev–Trinajstić information content (AvgIpc) is 3.62. The van der Waals surface area contributed by atoms with Crippen LogP contribution in [0.1, 0.15) is 34.2 Å². The summed E-state index contributed by atoms with van der Waals surface area (Å²) in [5.41, 5.74) is 5.24. The third kappa shape index (κ3) is 5.66. The van der Waals surface area contributed by atoms with E-state index in [1.165, 1.54) is 0 Å². The first kappa shape index (κ1) is 28.3. The molecule has 3 unspecified atom stereocenters. The number of fused-ring (bicyclic) bond motifs is 1. The smallest absolute Gasteiger partial charge is 0.309 e. The average molecular weight is 579 g/mol. The van der Waals surface area contributed by atoms with E-state index in [0.717, 1.165) is 33.6 Å². The number of carbonyl (C=O) groups is 2. The predicted molar refractivity (Wildman–Crippen MR) is 163 cm³/mol. The Morgan fingerprint density at radius 1 is 0.860 bits per heavy atom. The Morgan fingerprint density at radius 2 is 1.49 bits per heavy atom. The van der Waals surface area contributed by atoms with Crippen LogP contribution in [0.2, 0.25) is 0 Å². The SMILES string of the molecule is COc1ccc(C2C(C(=O)O)C(c3ccc4c(c3)OCO4)CN2CC(=O)N(c2cccc(C)c2)c2cccc(C)c2)cc1. The Bertz CT molecular complexity index is 1610. The number of hydrogen-bond donors (Lipinski definition) is 1. The van der Waals surface area contributed by atoms with E-state index in [0.29, 0.717) is 23.8 Å². The van der Waals surface area contributed by atoms with Crippen molar-refractivity contribution >= 4 is 23.3 Å². The van der Waals surface area contributed by atoms with Gasteiger partial charge in [0.2, 0.25) is 12.7 Å². The van der Waals surface area contributed by atoms with E-state index in [1.54, 1.807) is 12.0 Å². The number of carboxylic acids is 1. The summed E-state index contributed by atoms with van der Waals surface area (Å²) in [4.78, 5) is 31.1. The minimum atomic E-state index is -0.923. The van der Waals surface area contributed by atoms with E-state index in [1.807, 2.05) is 110 Å². The van der Waals surface area contributed by atoms with Gasteiger partial charge in [0.05, 0.1) is 19.6 Å². The van der Waals surface area contributed by atoms with Crippen molar-refractivity contribution in [2.24, 2.45) is 5.92 Å². The predicted octanol–water partition coefficient (Wildman–Crippen LogP) is 6.25. The number of rotatable bonds is 8. The van der Waals surface area contributed by atoms with Crippen LogP contribution in [0.4, 0.5) is 11.4 Å². The van der Waals surface area contributed by atoms with Gasteiger partial charge in [-0.15, -0.1) is 0 Å². The number of carboxylic acid groups (broad SMARTS) is 1. The summed E-state index contributed by atoms with van der Waals surface area (Å²) in [6, 6.07) is 28.1. The van der Waals surface area contributed by atoms with Gasteiger partial charge in [-0.1, -0.05) is 42.5 Å². The number of benzene rings is 4. The van der Waals surface area contributed by atoms with Crippen molar-refractivity contribution in [3.8, 4) is 17.2 Å². The number of aliphatic carboxylic acids is 1. The summed E-state index contributed by atoms with van der Waals surface area (Å²) < 4.78 is 16.5. The van der Waals surface area contributed by atoms with Crippen LogP contribution in [-0.2, 0) is 9.59 Å². The van der Waals surface area contributed by atoms with Gasteiger partial charge >= 0.3 is 5.97 Å². The van der Waals surface area contributed by atoms with E-state index >= 15 is 0 Å². The van der Waals surface area contributed by atoms with Gasteiger partial charge in [-0.2, -0.15) is 0 Å². The second-order valence-corrected chi connectivity index (χ2v) is 11.1. The highest BCUT2D eigenvalue weighted by Crippen LogP contribution is 2.48. The van der Waals surface area contributed by atoms with Gasteiger partial charge in [0.25, 0.3) is 0 Å². The minimum Gasteiger partial charge on any atom is -0.497 e. The molecular weight excluding hydrogens is 544 g/mol. The molecule has 2 aliphatic heterocycles. The fourth-order valence-electron chi connectivity index (χ4n) is 6.29. The van der Waals surface area contributed by atoms with Crippen molar-refractivity contribution in [2.75, 3.05) is 31.9 Å². The Balaban J connectivity index is 1.40. The number of ether oxygens (including phenoxy) is 3. The molecule has 0 aromatic heterocycles. The quantitative estimate of drug-likeness (QED) is 0.265. The van der Waals surface area contributed by atoms with Crippen LogP contribution >= 0.6 is 0 Å². The summed E-state index contributed by atoms with van der Waals surface area (Å²) >= 11 is 0. The van der Waals surface area contributed by atoms with Crippen molar-refractivity contribution in [1.29, 1.82) is 0 Å². The molecular formula is C35H34N2O6. The van der Waals surface area contributed by atoms with Crippen LogP contribution in [0.25, 0.3) is 0 Å². The molecule has 2 heterocycles. The summed E-state index contributed by atoms with van der Waals surface area (Å²) in [6.45, 7) is 4.51. The van der Waals surface area contributed by atoms with Gasteiger partial charge in [-0.25, -0.2) is 0 Å². The second-order valence-electron chi connectivity index (χ2n) is 11.1. The maximum absolute atomic E-state index is 14.4. The lowest BCUT2D eigenvalue weighted by Crippen LogP contribution is -2.39. The largest absolute Gasteiger partial charge is 0.497 e. The Labute approximate surface area is 251 Å². The molecule has 4 aromatic rings. The molecule has 1 fully saturated rings. The molecule has 43 heavy (non-hydrogen) atoms. The lowest BCUT2D eigenvalue weighted by Gasteiger charge is -2.30. The lowest BCUT2D eigenvalue weighted by atomic mass is 9.82. The summed E-state index contributed by atoms with van der Waals surface area (Å²) in [5, 5.41) is 10.6. The van der Waals surface area contributed by atoms with E-state index in [4.69, 9.17) is 14.2 Å². The standard InChI is InChI=1S/C35H34N2O6/c1-22-6-4-8-26(16-22)37(27-9-5-7-23(2)17-27)32(38)20-36-19-29(25-12-15-30-31(18-25)43-21-42-30)33(35(39)40)34(36)24-10-13-28(41-3)14-11-24/h4-18,29,33-34H,19-21H2,1-3H3,(H,39,40). The third-order valence-corrected chi connectivity index (χ3v) is 8.27. The first-order valence-electron chi connectivity index (χ1n) is 14.3. The van der Waals surface area contributed by atoms with Crippen molar-refractivity contribution in [3.05, 3.63) is 113 Å². The second kappa shape index (κ2) is 11.8. The Kier molecular flexibility index (Phi) is 7.78. The molecule has 6 rings (SSSR count). The molecule has 3 atom stereocenters. The van der Waals surface area contributed by atoms with Crippen LogP contribution in [0.5, 0.6) is 17.2 Å². The zero-order chi connectivity index (χ0) is 30.1. The molecule has 1 N–H and O–H groups in total. The zero-order valence-electron chi connectivity index (χ0n) is 24.4. The fourth-order valence-corrected chi connectivity index (χ4v) is 6.29. The summed E-state index contributed by atoms with van der Waals surface area (Å²) in [6.07, 6.45) is 0. The highest BCUT2D eigenvalue weighted by molar-refractivity contribution is 6.02. The number of hydrogen-bond acceptors (Lipinski definition) is 6. The van der Waals surface area contributed by atoms with Crippen LogP contribution in [0.3, 0.4) is 0 Å². The molecule has 8 nitrogen and oxygen atoms in total. The molecule has 2 aliphatic rings. The van der Waals surface area contributed by atoms with Gasteiger partial charge < -0.3 is 19.3 Å². The number of anilines is 2. The minimum absolute atomic E-state index is 0.0173. The van der Waals surface area contributed by atoms with Gasteiger partial charge in [0, 0.05) is 29.9 Å². The third-order valence-electron chi connectivity index (χ3n) is 8.27. The molecule has 1 saturated heterocycles. The summed E-state index contributed by atoms with van der Waals surface area (Å²) in [5.74, 6) is -0.362. The number of carbonyl (C=O) groups excluding carboxylic acids is 1. The Morgan fingerprint density at radius 3 is 2.09 bits per heavy atom. The normalized spacial score (nSPS) is 19.3. The van der Waals surface area contributed by atoms with E-state index in [9.17, 15) is 14.7 Å². The molecule has 1 amide bonds. The molecule has 8 heteroatoms. The van der Waals surface area contributed by atoms with Crippen LogP contribution in [-0.4, -0.2) is 48.9 Å². The van der Waals surface area contributed by atoms with Crippen molar-refractivity contribution < 1.29 is 28.9 Å². The van der Waals surface area contributed by atoms with Crippen molar-refractivity contribution in [1.82, 2.24) is 4.90 Å². The van der Waals surface area contributed by atoms with Gasteiger partial charge in [0.15, 0.2) is 11.5 Å². The maximum atomic E-state index is 14.4. The molecule has 0 aliphatic carbocycles. The Hall–Kier alpha value is -4.82. The number of methoxy groups -OCH3 is 1. The van der Waals surface area contributed by atoms with E-state index in [-0.39, 0.29) is 19.2 Å². The molecule has 0 spiro atoms. The van der Waals surface area contributed by atoms with Crippen LogP contribution in [0, 0.1) is 19.8 Å². The number of nitrogens with zero attached hydrogens (tertiary/aromatic N) is 2. The highest BCUT2D eigenvalue weighted by atomic mass is 16.7. The van der Waals surface area contributed by atoms with Gasteiger partial charge in [-0.05, 0) is 84.6 Å². The van der Waals surface area contributed by atoms with Crippen molar-refractivity contribution in [2.45, 2.75) is 25.8 Å². The highest BCUT2D eigenvalue weighted by Gasteiger charge is 2.48. The molecule has 0 radical (unpaired) electrons. The molecule has 0 bridgehead atoms.